The third-order valence-electron chi connectivity index (χ3n) is 3.12. The Morgan fingerprint density at radius 2 is 1.89 bits per heavy atom. The number of anilines is 1. The first kappa shape index (κ1) is 15.7. The van der Waals surface area contributed by atoms with Crippen LogP contribution in [-0.2, 0) is 6.18 Å². The molecule has 0 aromatic heterocycles. The second-order valence-electron chi connectivity index (χ2n) is 4.81. The van der Waals surface area contributed by atoms with Gasteiger partial charge in [0.05, 0.1) is 12.7 Å². The molecule has 1 aromatic carbocycles. The van der Waals surface area contributed by atoms with Crippen LogP contribution in [0.5, 0.6) is 5.75 Å². The van der Waals surface area contributed by atoms with Crippen molar-refractivity contribution in [2.75, 3.05) is 12.4 Å². The highest BCUT2D eigenvalue weighted by molar-refractivity contribution is 5.56. The Bertz CT molecular complexity index is 416. The summed E-state index contributed by atoms with van der Waals surface area (Å²) in [7, 11) is 1.35. The maximum Gasteiger partial charge on any atom is 0.418 e. The maximum absolute atomic E-state index is 13.0. The van der Waals surface area contributed by atoms with Crippen LogP contribution in [0.1, 0.15) is 32.8 Å². The first-order valence-corrected chi connectivity index (χ1v) is 6.31. The molecule has 1 N–H and O–H groups in total. The van der Waals surface area contributed by atoms with Crippen LogP contribution in [0.15, 0.2) is 18.2 Å². The van der Waals surface area contributed by atoms with Crippen molar-refractivity contribution in [2.45, 2.75) is 39.4 Å². The molecule has 0 aliphatic heterocycles. The van der Waals surface area contributed by atoms with Crippen molar-refractivity contribution < 1.29 is 17.9 Å². The first-order chi connectivity index (χ1) is 8.79. The predicted octanol–water partition coefficient (Wildman–Crippen LogP) is 4.56. The summed E-state index contributed by atoms with van der Waals surface area (Å²) in [5, 5.41) is 2.98. The first-order valence-electron chi connectivity index (χ1n) is 6.31. The number of methoxy groups -OCH3 is 1. The number of nitrogens with one attached hydrogen (secondary N) is 1. The Labute approximate surface area is 112 Å². The fourth-order valence-corrected chi connectivity index (χ4v) is 1.95. The Morgan fingerprint density at radius 1 is 1.26 bits per heavy atom. The van der Waals surface area contributed by atoms with Crippen LogP contribution in [0.25, 0.3) is 0 Å². The average molecular weight is 275 g/mol. The minimum atomic E-state index is -4.40. The van der Waals surface area contributed by atoms with E-state index in [2.05, 4.69) is 5.32 Å². The van der Waals surface area contributed by atoms with E-state index in [0.29, 0.717) is 0 Å². The van der Waals surface area contributed by atoms with Crippen LogP contribution in [0, 0.1) is 5.92 Å². The number of hydrogen-bond acceptors (Lipinski definition) is 2. The molecule has 0 amide bonds. The molecular formula is C14H20F3NO. The van der Waals surface area contributed by atoms with E-state index in [1.807, 2.05) is 20.8 Å². The van der Waals surface area contributed by atoms with Gasteiger partial charge in [0, 0.05) is 11.7 Å². The molecule has 0 saturated carbocycles. The highest BCUT2D eigenvalue weighted by atomic mass is 19.4. The van der Waals surface area contributed by atoms with Crippen molar-refractivity contribution in [3.8, 4) is 5.75 Å². The van der Waals surface area contributed by atoms with Crippen LogP contribution in [0.3, 0.4) is 0 Å². The van der Waals surface area contributed by atoms with Crippen LogP contribution in [-0.4, -0.2) is 13.2 Å². The van der Waals surface area contributed by atoms with E-state index < -0.39 is 11.7 Å². The third kappa shape index (κ3) is 4.04. The van der Waals surface area contributed by atoms with Crippen molar-refractivity contribution in [3.63, 3.8) is 0 Å². The van der Waals surface area contributed by atoms with E-state index in [1.165, 1.54) is 19.2 Å². The summed E-state index contributed by atoms with van der Waals surface area (Å²) in [5.41, 5.74) is -0.584. The molecule has 0 saturated heterocycles. The molecule has 108 valence electrons. The van der Waals surface area contributed by atoms with Gasteiger partial charge in [0.15, 0.2) is 0 Å². The third-order valence-corrected chi connectivity index (χ3v) is 3.12. The molecule has 0 heterocycles. The smallest absolute Gasteiger partial charge is 0.418 e. The monoisotopic (exact) mass is 275 g/mol. The molecule has 1 unspecified atom stereocenters. The lowest BCUT2D eigenvalue weighted by atomic mass is 10.0. The molecule has 0 radical (unpaired) electrons. The minimum absolute atomic E-state index is 0.00879. The highest BCUT2D eigenvalue weighted by Gasteiger charge is 2.34. The van der Waals surface area contributed by atoms with Gasteiger partial charge in [-0.25, -0.2) is 0 Å². The van der Waals surface area contributed by atoms with Crippen LogP contribution in [0.2, 0.25) is 0 Å². The van der Waals surface area contributed by atoms with E-state index in [-0.39, 0.29) is 23.4 Å². The molecule has 0 bridgehead atoms. The van der Waals surface area contributed by atoms with Crippen molar-refractivity contribution in [3.05, 3.63) is 23.8 Å². The number of halogens is 3. The molecule has 0 aliphatic rings. The Morgan fingerprint density at radius 3 is 2.32 bits per heavy atom. The standard InChI is InChI=1S/C14H20F3NO/c1-5-12(9(2)3)18-13-7-6-10(19-4)8-11(13)14(15,16)17/h6-9,12,18H,5H2,1-4H3. The summed E-state index contributed by atoms with van der Waals surface area (Å²) in [4.78, 5) is 0. The summed E-state index contributed by atoms with van der Waals surface area (Å²) in [6.45, 7) is 5.92. The Balaban J connectivity index is 3.12. The molecule has 5 heteroatoms. The number of ether oxygens (including phenoxy) is 1. The van der Waals surface area contributed by atoms with Gasteiger partial charge in [0.1, 0.15) is 5.75 Å². The van der Waals surface area contributed by atoms with Gasteiger partial charge < -0.3 is 10.1 Å². The summed E-state index contributed by atoms with van der Waals surface area (Å²) in [5.74, 6) is 0.462. The van der Waals surface area contributed by atoms with Crippen molar-refractivity contribution in [1.29, 1.82) is 0 Å². The fourth-order valence-electron chi connectivity index (χ4n) is 1.95. The van der Waals surface area contributed by atoms with Crippen LogP contribution < -0.4 is 10.1 Å². The zero-order chi connectivity index (χ0) is 14.6. The highest BCUT2D eigenvalue weighted by Crippen LogP contribution is 2.37. The van der Waals surface area contributed by atoms with Crippen molar-refractivity contribution >= 4 is 5.69 Å². The van der Waals surface area contributed by atoms with E-state index in [0.717, 1.165) is 12.5 Å². The summed E-state index contributed by atoms with van der Waals surface area (Å²) in [6.07, 6.45) is -3.63. The zero-order valence-corrected chi connectivity index (χ0v) is 11.6. The normalized spacial score (nSPS) is 13.5. The second-order valence-corrected chi connectivity index (χ2v) is 4.81. The van der Waals surface area contributed by atoms with Gasteiger partial charge in [0.2, 0.25) is 0 Å². The van der Waals surface area contributed by atoms with Gasteiger partial charge in [-0.2, -0.15) is 13.2 Å². The largest absolute Gasteiger partial charge is 0.497 e. The Kier molecular flexibility index (Phi) is 5.09. The van der Waals surface area contributed by atoms with E-state index in [9.17, 15) is 13.2 Å². The van der Waals surface area contributed by atoms with Crippen molar-refractivity contribution in [1.82, 2.24) is 0 Å². The molecule has 0 spiro atoms. The number of benzene rings is 1. The molecule has 0 aliphatic carbocycles. The quantitative estimate of drug-likeness (QED) is 0.850. The molecule has 19 heavy (non-hydrogen) atoms. The molecule has 2 nitrogen and oxygen atoms in total. The lowest BCUT2D eigenvalue weighted by molar-refractivity contribution is -0.137. The molecule has 1 rings (SSSR count). The predicted molar refractivity (Wildman–Crippen MR) is 70.5 cm³/mol. The summed E-state index contributed by atoms with van der Waals surface area (Å²) >= 11 is 0. The molecule has 1 aromatic rings. The summed E-state index contributed by atoms with van der Waals surface area (Å²) in [6, 6.07) is 3.99. The minimum Gasteiger partial charge on any atom is -0.497 e. The SMILES string of the molecule is CCC(Nc1ccc(OC)cc1C(F)(F)F)C(C)C. The van der Waals surface area contributed by atoms with Gasteiger partial charge in [-0.05, 0) is 30.5 Å². The van der Waals surface area contributed by atoms with Gasteiger partial charge in [-0.3, -0.25) is 0 Å². The van der Waals surface area contributed by atoms with Crippen LogP contribution >= 0.6 is 0 Å². The second kappa shape index (κ2) is 6.17. The Hall–Kier alpha value is -1.39. The van der Waals surface area contributed by atoms with Crippen molar-refractivity contribution in [2.24, 2.45) is 5.92 Å². The lowest BCUT2D eigenvalue weighted by Crippen LogP contribution is -2.26. The van der Waals surface area contributed by atoms with E-state index in [4.69, 9.17) is 4.74 Å². The van der Waals surface area contributed by atoms with Gasteiger partial charge in [-0.15, -0.1) is 0 Å². The van der Waals surface area contributed by atoms with E-state index in [1.54, 1.807) is 0 Å². The average Bonchev–Trinajstić information content (AvgIpc) is 2.34. The number of rotatable bonds is 5. The molecule has 0 fully saturated rings. The number of hydrogen-bond donors (Lipinski definition) is 1. The van der Waals surface area contributed by atoms with Crippen LogP contribution in [0.4, 0.5) is 18.9 Å². The lowest BCUT2D eigenvalue weighted by Gasteiger charge is -2.24. The van der Waals surface area contributed by atoms with Gasteiger partial charge in [0.25, 0.3) is 0 Å². The molecular weight excluding hydrogens is 255 g/mol. The molecule has 1 atom stereocenters. The van der Waals surface area contributed by atoms with E-state index >= 15 is 0 Å². The summed E-state index contributed by atoms with van der Waals surface area (Å²) < 4.78 is 43.9. The zero-order valence-electron chi connectivity index (χ0n) is 11.6. The number of alkyl halides is 3. The maximum atomic E-state index is 13.0. The van der Waals surface area contributed by atoms with Gasteiger partial charge >= 0.3 is 6.18 Å². The topological polar surface area (TPSA) is 21.3 Å². The fraction of sp³-hybridized carbons (Fsp3) is 0.571. The van der Waals surface area contributed by atoms with Gasteiger partial charge in [-0.1, -0.05) is 20.8 Å².